The maximum Gasteiger partial charge on any atom is 0.229 e. The quantitative estimate of drug-likeness (QED) is 0.0623. The number of Topliss-reactive ketones (excluding diaryl/α,β-unsaturated/α-hetero) is 1. The maximum atomic E-state index is 14.9. The molecular weight excluding hydrogens is 953 g/mol. The van der Waals surface area contributed by atoms with Crippen molar-refractivity contribution in [2.75, 3.05) is 66.1 Å². The average molecular weight is 1010 g/mol. The highest BCUT2D eigenvalue weighted by molar-refractivity contribution is 7.88. The van der Waals surface area contributed by atoms with Gasteiger partial charge < -0.3 is 44.6 Å². The molecule has 8 aromatic rings. The second-order valence-electron chi connectivity index (χ2n) is 17.6. The van der Waals surface area contributed by atoms with E-state index in [9.17, 15) is 28.5 Å². The molecule has 73 heavy (non-hydrogen) atoms. The molecule has 21 heteroatoms. The Hall–Kier alpha value is -7.92. The average Bonchev–Trinajstić information content (AvgIpc) is 4.17. The number of sulfonamides is 1. The number of aliphatic hydroxyl groups excluding tert-OH is 3. The van der Waals surface area contributed by atoms with Crippen molar-refractivity contribution in [1.29, 1.82) is 0 Å². The topological polar surface area (TPSA) is 253 Å². The molecular formula is C52H52N12O8S. The summed E-state index contributed by atoms with van der Waals surface area (Å²) >= 11 is 0. The van der Waals surface area contributed by atoms with Crippen LogP contribution < -0.4 is 20.4 Å². The Morgan fingerprint density at radius 3 is 1.75 bits per heavy atom. The third-order valence-electron chi connectivity index (χ3n) is 12.8. The number of rotatable bonds is 19. The highest BCUT2D eigenvalue weighted by Crippen LogP contribution is 2.38. The molecule has 0 aliphatic carbocycles. The number of hydrogen-bond acceptors (Lipinski definition) is 19. The number of hydrogen-bond donors (Lipinski definition) is 5. The minimum absolute atomic E-state index is 0.0883. The summed E-state index contributed by atoms with van der Waals surface area (Å²) in [6.07, 6.45) is 6.21. The molecule has 10 rings (SSSR count). The molecule has 20 nitrogen and oxygen atoms in total. The molecule has 4 aromatic carbocycles. The van der Waals surface area contributed by atoms with Crippen molar-refractivity contribution in [1.82, 2.24) is 39.1 Å². The fourth-order valence-electron chi connectivity index (χ4n) is 9.17. The number of aromatic nitrogens is 6. The maximum absolute atomic E-state index is 14.9. The van der Waals surface area contributed by atoms with Crippen LogP contribution in [0.25, 0.3) is 22.6 Å². The zero-order valence-electron chi connectivity index (χ0n) is 39.7. The van der Waals surface area contributed by atoms with Crippen molar-refractivity contribution in [3.8, 4) is 22.6 Å². The Morgan fingerprint density at radius 1 is 0.699 bits per heavy atom. The second kappa shape index (κ2) is 21.4. The molecule has 0 fully saturated rings. The van der Waals surface area contributed by atoms with Gasteiger partial charge >= 0.3 is 0 Å². The summed E-state index contributed by atoms with van der Waals surface area (Å²) in [5.74, 6) is 1.81. The Morgan fingerprint density at radius 2 is 1.23 bits per heavy atom. The van der Waals surface area contributed by atoms with Gasteiger partial charge in [-0.15, -0.1) is 0 Å². The number of fused-ring (bicyclic) bond motifs is 2. The number of carbonyl (C=O) groups excluding carboxylic acids is 1. The number of nitrogens with zero attached hydrogens (tertiary/aromatic N) is 10. The summed E-state index contributed by atoms with van der Waals surface area (Å²) in [5, 5.41) is 40.3. The van der Waals surface area contributed by atoms with Crippen LogP contribution in [0.1, 0.15) is 22.5 Å². The number of carbonyl (C=O) groups is 1. The van der Waals surface area contributed by atoms with E-state index in [-0.39, 0.29) is 57.5 Å². The van der Waals surface area contributed by atoms with Gasteiger partial charge in [0.15, 0.2) is 30.1 Å². The van der Waals surface area contributed by atoms with Crippen LogP contribution in [0.4, 0.5) is 46.3 Å². The lowest BCUT2D eigenvalue weighted by Crippen LogP contribution is -2.50. The first-order valence-corrected chi connectivity index (χ1v) is 25.5. The smallest absolute Gasteiger partial charge is 0.229 e. The first-order chi connectivity index (χ1) is 35.5. The molecule has 2 aliphatic rings. The number of ketones is 1. The second-order valence-corrected chi connectivity index (χ2v) is 19.6. The highest BCUT2D eigenvalue weighted by atomic mass is 32.2. The Labute approximate surface area is 420 Å². The van der Waals surface area contributed by atoms with Crippen LogP contribution in [0.15, 0.2) is 143 Å². The van der Waals surface area contributed by atoms with Crippen LogP contribution in [0.2, 0.25) is 0 Å². The lowest BCUT2D eigenvalue weighted by Gasteiger charge is -2.37. The van der Waals surface area contributed by atoms with Crippen molar-refractivity contribution in [3.05, 3.63) is 157 Å². The fourth-order valence-corrected chi connectivity index (χ4v) is 9.95. The van der Waals surface area contributed by atoms with Crippen LogP contribution in [-0.4, -0.2) is 126 Å². The third kappa shape index (κ3) is 10.8. The lowest BCUT2D eigenvalue weighted by atomic mass is 10.0. The van der Waals surface area contributed by atoms with Gasteiger partial charge in [-0.2, -0.15) is 14.3 Å². The summed E-state index contributed by atoms with van der Waals surface area (Å²) in [5.41, 5.74) is 6.83. The molecule has 0 amide bonds. The van der Waals surface area contributed by atoms with E-state index in [4.69, 9.17) is 28.8 Å². The van der Waals surface area contributed by atoms with Crippen molar-refractivity contribution >= 4 is 62.1 Å². The number of oxazole rings is 2. The number of benzene rings is 4. The van der Waals surface area contributed by atoms with Gasteiger partial charge in [0.25, 0.3) is 0 Å². The van der Waals surface area contributed by atoms with E-state index in [0.29, 0.717) is 58.9 Å². The van der Waals surface area contributed by atoms with Gasteiger partial charge in [-0.25, -0.2) is 28.4 Å². The zero-order chi connectivity index (χ0) is 50.5. The van der Waals surface area contributed by atoms with Gasteiger partial charge in [-0.1, -0.05) is 36.4 Å². The van der Waals surface area contributed by atoms with E-state index < -0.39 is 34.6 Å². The van der Waals surface area contributed by atoms with E-state index in [1.807, 2.05) is 94.7 Å². The monoisotopic (exact) mass is 1000 g/mol. The number of nitrogens with one attached hydrogen (secondary N) is 2. The standard InChI is InChI=1S/C52H52N12O8S/c1-73(69,70)62-23-21-43-41(29-62)50(60-52(58-43)56-37-18-14-35(15-19-37)47-27-54-33-72-47)64(39-10-6-3-7-11-39)44(31-66)48(68)45(67)30-61-22-20-42-40(28-61)49(63(24-25-65)38-8-4-2-5-9-38)59-51(57-42)55-36-16-12-34(13-17-36)46-26-53-32-71-46/h2-19,26-27,32-33,44-45,65-67H,20-25,28-31H2,1H3,(H,55,57,59)(H,56,58,60)/t44?,45-/m0/s1. The van der Waals surface area contributed by atoms with E-state index in [1.54, 1.807) is 41.6 Å². The normalized spacial score (nSPS) is 14.7. The third-order valence-corrected chi connectivity index (χ3v) is 14.0. The predicted octanol–water partition coefficient (Wildman–Crippen LogP) is 6.00. The number of anilines is 8. The molecule has 0 spiro atoms. The predicted molar refractivity (Wildman–Crippen MR) is 273 cm³/mol. The fraction of sp³-hybridized carbons (Fsp3) is 0.250. The minimum atomic E-state index is -3.67. The SMILES string of the molecule is CS(=O)(=O)N1CCc2nc(Nc3ccc(-c4cnco4)cc3)nc(N(c3ccccc3)C(CO)C(=O)[C@@H](O)CN3CCc4nc(Nc5ccc(-c6cnco6)cc5)nc(N(CCO)c5ccccc5)c4C3)c2C1. The molecule has 1 unspecified atom stereocenters. The largest absolute Gasteiger partial charge is 0.444 e. The molecule has 2 aliphatic heterocycles. The van der Waals surface area contributed by atoms with Crippen molar-refractivity contribution < 1.29 is 37.4 Å². The van der Waals surface area contributed by atoms with Crippen molar-refractivity contribution in [2.24, 2.45) is 0 Å². The molecule has 0 radical (unpaired) electrons. The summed E-state index contributed by atoms with van der Waals surface area (Å²) in [6.45, 7) is -0.0364. The molecule has 5 N–H and O–H groups in total. The Kier molecular flexibility index (Phi) is 14.3. The number of para-hydroxylation sites is 2. The van der Waals surface area contributed by atoms with Gasteiger partial charge in [-0.05, 0) is 72.8 Å². The number of β-amino-alcohol motifs (C(OH)–C–C–N with tert-alkyl or cyclic N) is 1. The molecule has 0 bridgehead atoms. The summed E-state index contributed by atoms with van der Waals surface area (Å²) in [4.78, 5) is 48.2. The van der Waals surface area contributed by atoms with Crippen LogP contribution in [0.5, 0.6) is 0 Å². The van der Waals surface area contributed by atoms with Crippen LogP contribution in [0, 0.1) is 0 Å². The van der Waals surface area contributed by atoms with E-state index in [1.165, 1.54) is 17.1 Å². The molecule has 0 saturated carbocycles. The molecule has 6 heterocycles. The first-order valence-electron chi connectivity index (χ1n) is 23.6. The summed E-state index contributed by atoms with van der Waals surface area (Å²) in [6, 6.07) is 32.0. The Bertz CT molecular complexity index is 3260. The van der Waals surface area contributed by atoms with Crippen molar-refractivity contribution in [3.63, 3.8) is 0 Å². The molecule has 4 aromatic heterocycles. The van der Waals surface area contributed by atoms with E-state index >= 15 is 0 Å². The minimum Gasteiger partial charge on any atom is -0.444 e. The van der Waals surface area contributed by atoms with Gasteiger partial charge in [0.05, 0.1) is 43.3 Å². The molecule has 2 atom stereocenters. The van der Waals surface area contributed by atoms with Crippen molar-refractivity contribution in [2.45, 2.75) is 38.1 Å². The Balaban J connectivity index is 0.954. The first kappa shape index (κ1) is 48.7. The lowest BCUT2D eigenvalue weighted by molar-refractivity contribution is -0.130. The summed E-state index contributed by atoms with van der Waals surface area (Å²) < 4.78 is 38.3. The highest BCUT2D eigenvalue weighted by Gasteiger charge is 2.38. The van der Waals surface area contributed by atoms with E-state index in [2.05, 4.69) is 20.6 Å². The number of aliphatic hydroxyl groups is 3. The van der Waals surface area contributed by atoms with Crippen LogP contribution >= 0.6 is 0 Å². The molecule has 374 valence electrons. The van der Waals surface area contributed by atoms with Gasteiger partial charge in [-0.3, -0.25) is 9.69 Å². The molecule has 0 saturated heterocycles. The zero-order valence-corrected chi connectivity index (χ0v) is 40.5. The van der Waals surface area contributed by atoms with Gasteiger partial charge in [0.2, 0.25) is 21.9 Å². The van der Waals surface area contributed by atoms with Crippen LogP contribution in [0.3, 0.4) is 0 Å². The summed E-state index contributed by atoms with van der Waals surface area (Å²) in [7, 11) is -3.67. The van der Waals surface area contributed by atoms with Crippen LogP contribution in [-0.2, 0) is 40.7 Å². The van der Waals surface area contributed by atoms with Gasteiger partial charge in [0.1, 0.15) is 23.8 Å². The van der Waals surface area contributed by atoms with E-state index in [0.717, 1.165) is 40.0 Å². The van der Waals surface area contributed by atoms with Gasteiger partial charge in [0, 0.05) is 97.1 Å².